The molecule has 11 heavy (non-hydrogen) atoms. The van der Waals surface area contributed by atoms with Gasteiger partial charge in [-0.3, -0.25) is 0 Å². The highest BCUT2D eigenvalue weighted by molar-refractivity contribution is 5.44. The van der Waals surface area contributed by atoms with Gasteiger partial charge in [-0.05, 0) is 42.7 Å². The largest absolute Gasteiger partial charge is 0.493 e. The van der Waals surface area contributed by atoms with Gasteiger partial charge in [0.15, 0.2) is 0 Å². The molecule has 1 radical (unpaired) electrons. The average Bonchev–Trinajstić information content (AvgIpc) is 1.98. The lowest BCUT2D eigenvalue weighted by Gasteiger charge is -2.19. The topological polar surface area (TPSA) is 9.23 Å². The second kappa shape index (κ2) is 2.26. The Morgan fingerprint density at radius 1 is 1.45 bits per heavy atom. The highest BCUT2D eigenvalue weighted by atomic mass is 16.5. The van der Waals surface area contributed by atoms with E-state index in [0.717, 1.165) is 18.8 Å². The van der Waals surface area contributed by atoms with Crippen molar-refractivity contribution in [2.75, 3.05) is 6.61 Å². The van der Waals surface area contributed by atoms with Gasteiger partial charge >= 0.3 is 0 Å². The second-order valence-electron chi connectivity index (χ2n) is 2.98. The summed E-state index contributed by atoms with van der Waals surface area (Å²) in [4.78, 5) is 0. The predicted molar refractivity (Wildman–Crippen MR) is 44.0 cm³/mol. The zero-order valence-corrected chi connectivity index (χ0v) is 6.90. The molecule has 2 bridgehead atoms. The molecular weight excluding hydrogens is 136 g/mol. The van der Waals surface area contributed by atoms with E-state index in [9.17, 15) is 0 Å². The Kier molecular flexibility index (Phi) is 1.38. The fraction of sp³-hybridized carbons (Fsp3) is 0.400. The fourth-order valence-electron chi connectivity index (χ4n) is 1.59. The Morgan fingerprint density at radius 3 is 3.00 bits per heavy atom. The summed E-state index contributed by atoms with van der Waals surface area (Å²) in [5.41, 5.74) is 4.00. The number of fused-ring (bicyclic) bond motifs is 2. The third-order valence-corrected chi connectivity index (χ3v) is 2.30. The van der Waals surface area contributed by atoms with Crippen molar-refractivity contribution in [2.45, 2.75) is 20.3 Å². The van der Waals surface area contributed by atoms with Gasteiger partial charge in [-0.2, -0.15) is 0 Å². The summed E-state index contributed by atoms with van der Waals surface area (Å²) in [6, 6.07) is 5.12. The number of hydrogen-bond acceptors (Lipinski definition) is 1. The molecule has 0 N–H and O–H groups in total. The smallest absolute Gasteiger partial charge is 0.123 e. The average molecular weight is 147 g/mol. The van der Waals surface area contributed by atoms with Gasteiger partial charge in [0.2, 0.25) is 0 Å². The summed E-state index contributed by atoms with van der Waals surface area (Å²) in [7, 11) is 0. The maximum Gasteiger partial charge on any atom is 0.123 e. The minimum Gasteiger partial charge on any atom is -0.493 e. The quantitative estimate of drug-likeness (QED) is 0.545. The molecule has 2 rings (SSSR count). The van der Waals surface area contributed by atoms with Gasteiger partial charge in [-0.15, -0.1) is 0 Å². The summed E-state index contributed by atoms with van der Waals surface area (Å²) in [5.74, 6) is 1.01. The minimum atomic E-state index is 0.831. The van der Waals surface area contributed by atoms with Gasteiger partial charge < -0.3 is 4.74 Å². The lowest BCUT2D eigenvalue weighted by molar-refractivity contribution is 0.306. The first-order valence-electron chi connectivity index (χ1n) is 3.92. The van der Waals surface area contributed by atoms with Gasteiger partial charge in [0.1, 0.15) is 5.75 Å². The van der Waals surface area contributed by atoms with Crippen molar-refractivity contribution >= 4 is 0 Å². The summed E-state index contributed by atoms with van der Waals surface area (Å²) >= 11 is 0. The Hall–Kier alpha value is -0.980. The number of hydrogen-bond donors (Lipinski definition) is 0. The second-order valence-corrected chi connectivity index (χ2v) is 2.98. The summed E-state index contributed by atoms with van der Waals surface area (Å²) in [6.45, 7) is 5.06. The lowest BCUT2D eigenvalue weighted by atomic mass is 9.98. The van der Waals surface area contributed by atoms with E-state index in [4.69, 9.17) is 4.74 Å². The molecule has 0 spiro atoms. The van der Waals surface area contributed by atoms with Crippen LogP contribution in [-0.4, -0.2) is 6.61 Å². The van der Waals surface area contributed by atoms with Crippen LogP contribution in [-0.2, 0) is 6.42 Å². The van der Waals surface area contributed by atoms with E-state index in [2.05, 4.69) is 19.9 Å². The maximum atomic E-state index is 5.44. The molecule has 1 aromatic rings. The summed E-state index contributed by atoms with van der Waals surface area (Å²) in [6.07, 6.45) is 1.04. The van der Waals surface area contributed by atoms with E-state index in [1.165, 1.54) is 16.7 Å². The Balaban J connectivity index is 2.66. The van der Waals surface area contributed by atoms with Crippen molar-refractivity contribution < 1.29 is 4.74 Å². The van der Waals surface area contributed by atoms with Crippen LogP contribution in [0.4, 0.5) is 0 Å². The molecule has 57 valence electrons. The zero-order valence-electron chi connectivity index (χ0n) is 6.90. The van der Waals surface area contributed by atoms with Gasteiger partial charge in [0.25, 0.3) is 0 Å². The molecule has 1 nitrogen and oxygen atoms in total. The SMILES string of the molecule is Cc1[c]cc2c(C)c1CCO2. The molecule has 1 aliphatic rings. The van der Waals surface area contributed by atoms with Gasteiger partial charge in [0.05, 0.1) is 6.61 Å². The first kappa shape index (κ1) is 6.71. The molecule has 0 amide bonds. The van der Waals surface area contributed by atoms with Crippen LogP contribution in [0.2, 0.25) is 0 Å². The molecule has 1 aliphatic heterocycles. The fourth-order valence-corrected chi connectivity index (χ4v) is 1.59. The molecule has 1 aromatic carbocycles. The third kappa shape index (κ3) is 0.917. The molecule has 0 saturated heterocycles. The zero-order chi connectivity index (χ0) is 7.84. The van der Waals surface area contributed by atoms with E-state index in [-0.39, 0.29) is 0 Å². The molecule has 0 aliphatic carbocycles. The normalized spacial score (nSPS) is 14.4. The summed E-state index contributed by atoms with van der Waals surface area (Å²) < 4.78 is 5.44. The van der Waals surface area contributed by atoms with Crippen LogP contribution >= 0.6 is 0 Å². The lowest BCUT2D eigenvalue weighted by Crippen LogP contribution is -2.11. The molecule has 0 fully saturated rings. The minimum absolute atomic E-state index is 0.831. The number of benzene rings is 1. The molecule has 1 heterocycles. The summed E-state index contributed by atoms with van der Waals surface area (Å²) in [5, 5.41) is 0. The van der Waals surface area contributed by atoms with Crippen LogP contribution in [0.3, 0.4) is 0 Å². The first-order valence-corrected chi connectivity index (χ1v) is 3.92. The van der Waals surface area contributed by atoms with Crippen LogP contribution in [0.15, 0.2) is 6.07 Å². The molecule has 1 heteroatoms. The van der Waals surface area contributed by atoms with Gasteiger partial charge in [-0.25, -0.2) is 0 Å². The van der Waals surface area contributed by atoms with Crippen molar-refractivity contribution in [3.63, 3.8) is 0 Å². The maximum absolute atomic E-state index is 5.44. The van der Waals surface area contributed by atoms with Crippen LogP contribution in [0, 0.1) is 19.9 Å². The van der Waals surface area contributed by atoms with Crippen molar-refractivity contribution in [1.82, 2.24) is 0 Å². The van der Waals surface area contributed by atoms with Crippen molar-refractivity contribution in [3.05, 3.63) is 28.8 Å². The molecule has 0 unspecified atom stereocenters. The Morgan fingerprint density at radius 2 is 2.27 bits per heavy atom. The van der Waals surface area contributed by atoms with Crippen LogP contribution in [0.25, 0.3) is 0 Å². The van der Waals surface area contributed by atoms with Crippen molar-refractivity contribution in [1.29, 1.82) is 0 Å². The highest BCUT2D eigenvalue weighted by Gasteiger charge is 2.13. The van der Waals surface area contributed by atoms with Crippen LogP contribution in [0.5, 0.6) is 5.75 Å². The van der Waals surface area contributed by atoms with E-state index >= 15 is 0 Å². The van der Waals surface area contributed by atoms with Crippen LogP contribution in [0.1, 0.15) is 16.7 Å². The predicted octanol–water partition coefficient (Wildman–Crippen LogP) is 2.04. The third-order valence-electron chi connectivity index (χ3n) is 2.30. The van der Waals surface area contributed by atoms with Crippen molar-refractivity contribution in [3.8, 4) is 5.75 Å². The van der Waals surface area contributed by atoms with E-state index in [1.807, 2.05) is 6.07 Å². The van der Waals surface area contributed by atoms with Crippen LogP contribution < -0.4 is 4.74 Å². The molecular formula is C10H11O. The molecule has 0 aromatic heterocycles. The van der Waals surface area contributed by atoms with Gasteiger partial charge in [0, 0.05) is 6.42 Å². The number of aryl methyl sites for hydroxylation is 1. The van der Waals surface area contributed by atoms with Crippen molar-refractivity contribution in [2.24, 2.45) is 0 Å². The Labute approximate surface area is 67.0 Å². The number of rotatable bonds is 0. The standard InChI is InChI=1S/C10H11O/c1-7-3-4-10-8(2)9(7)5-6-11-10/h4H,5-6H2,1-2H3. The van der Waals surface area contributed by atoms with E-state index < -0.39 is 0 Å². The number of ether oxygens (including phenoxy) is 1. The molecule has 0 saturated carbocycles. The Bertz CT molecular complexity index is 289. The first-order chi connectivity index (χ1) is 5.29. The van der Waals surface area contributed by atoms with E-state index in [1.54, 1.807) is 0 Å². The molecule has 0 atom stereocenters. The monoisotopic (exact) mass is 147 g/mol. The highest BCUT2D eigenvalue weighted by Crippen LogP contribution is 2.28. The van der Waals surface area contributed by atoms with E-state index in [0.29, 0.717) is 0 Å². The van der Waals surface area contributed by atoms with Gasteiger partial charge in [-0.1, -0.05) is 0 Å².